The number of nitrogens with zero attached hydrogens (tertiary/aromatic N) is 2. The molecule has 2 saturated heterocycles. The maximum Gasteiger partial charge on any atom is 0.251 e. The lowest BCUT2D eigenvalue weighted by atomic mass is 9.99. The van der Waals surface area contributed by atoms with Crippen LogP contribution in [0.2, 0.25) is 0 Å². The lowest BCUT2D eigenvalue weighted by molar-refractivity contribution is 0.0940. The first kappa shape index (κ1) is 20.7. The summed E-state index contributed by atoms with van der Waals surface area (Å²) in [5.74, 6) is 0.719. The Morgan fingerprint density at radius 3 is 2.27 bits per heavy atom. The van der Waals surface area contributed by atoms with Gasteiger partial charge in [-0.3, -0.25) is 4.79 Å². The number of ether oxygens (including phenoxy) is 1. The highest BCUT2D eigenvalue weighted by Gasteiger charge is 2.18. The molecule has 0 unspecified atom stereocenters. The second-order valence-electron chi connectivity index (χ2n) is 8.63. The molecule has 2 aliphatic heterocycles. The number of carbonyl (C=O) groups excluding carboxylic acids is 1. The van der Waals surface area contributed by atoms with Gasteiger partial charge in [-0.25, -0.2) is 0 Å². The highest BCUT2D eigenvalue weighted by molar-refractivity contribution is 5.94. The Bertz CT molecular complexity index is 828. The molecule has 5 heteroatoms. The van der Waals surface area contributed by atoms with Gasteiger partial charge in [0.25, 0.3) is 5.91 Å². The van der Waals surface area contributed by atoms with E-state index >= 15 is 0 Å². The summed E-state index contributed by atoms with van der Waals surface area (Å²) in [7, 11) is 0. The zero-order chi connectivity index (χ0) is 20.9. The molecule has 2 aromatic carbocycles. The molecule has 2 aliphatic rings. The average molecular weight is 408 g/mol. The Labute approximate surface area is 180 Å². The van der Waals surface area contributed by atoms with E-state index in [0.717, 1.165) is 56.6 Å². The quantitative estimate of drug-likeness (QED) is 0.805. The van der Waals surface area contributed by atoms with Crippen molar-refractivity contribution in [2.24, 2.45) is 5.92 Å². The third-order valence-electron chi connectivity index (χ3n) is 6.27. The van der Waals surface area contributed by atoms with Crippen molar-refractivity contribution in [2.75, 3.05) is 49.2 Å². The molecule has 0 bridgehead atoms. The number of nitrogens with one attached hydrogen (secondary N) is 1. The summed E-state index contributed by atoms with van der Waals surface area (Å²) < 4.78 is 5.41. The van der Waals surface area contributed by atoms with Crippen molar-refractivity contribution in [3.63, 3.8) is 0 Å². The summed E-state index contributed by atoms with van der Waals surface area (Å²) in [6, 6.07) is 16.5. The van der Waals surface area contributed by atoms with Crippen LogP contribution in [0.4, 0.5) is 11.4 Å². The van der Waals surface area contributed by atoms with Gasteiger partial charge in [0.1, 0.15) is 0 Å². The van der Waals surface area contributed by atoms with Crippen LogP contribution in [0.1, 0.15) is 48.7 Å². The third-order valence-corrected chi connectivity index (χ3v) is 6.27. The maximum atomic E-state index is 12.7. The van der Waals surface area contributed by atoms with Crippen molar-refractivity contribution < 1.29 is 9.53 Å². The molecular weight excluding hydrogens is 374 g/mol. The number of carbonyl (C=O) groups is 1. The molecule has 1 N–H and O–H groups in total. The largest absolute Gasteiger partial charge is 0.378 e. The lowest BCUT2D eigenvalue weighted by Crippen LogP contribution is -2.36. The molecule has 0 spiro atoms. The SMILES string of the molecule is C[C@H]1CCCN(c2ccc([C@@H](C)NC(=O)c3ccc(N4CCOCC4)cc3)cc2)C1. The summed E-state index contributed by atoms with van der Waals surface area (Å²) in [5, 5.41) is 3.13. The average Bonchev–Trinajstić information content (AvgIpc) is 2.80. The van der Waals surface area contributed by atoms with Crippen LogP contribution < -0.4 is 15.1 Å². The van der Waals surface area contributed by atoms with E-state index in [2.05, 4.69) is 46.3 Å². The Kier molecular flexibility index (Phi) is 6.58. The predicted octanol–water partition coefficient (Wildman–Crippen LogP) is 4.25. The lowest BCUT2D eigenvalue weighted by Gasteiger charge is -2.33. The number of piperidine rings is 1. The van der Waals surface area contributed by atoms with Crippen LogP contribution in [0.25, 0.3) is 0 Å². The molecule has 2 fully saturated rings. The minimum absolute atomic E-state index is 0.0363. The fraction of sp³-hybridized carbons (Fsp3) is 0.480. The first-order valence-corrected chi connectivity index (χ1v) is 11.2. The van der Waals surface area contributed by atoms with Gasteiger partial charge in [-0.15, -0.1) is 0 Å². The summed E-state index contributed by atoms with van der Waals surface area (Å²) in [6.45, 7) is 9.95. The van der Waals surface area contributed by atoms with Crippen LogP contribution in [0, 0.1) is 5.92 Å². The minimum Gasteiger partial charge on any atom is -0.378 e. The monoisotopic (exact) mass is 407 g/mol. The molecule has 4 rings (SSSR count). The minimum atomic E-state index is -0.0371. The molecule has 160 valence electrons. The Morgan fingerprint density at radius 2 is 1.60 bits per heavy atom. The third kappa shape index (κ3) is 4.96. The molecular formula is C25H33N3O2. The molecule has 0 radical (unpaired) electrons. The van der Waals surface area contributed by atoms with Gasteiger partial charge in [0, 0.05) is 43.1 Å². The molecule has 30 heavy (non-hydrogen) atoms. The normalized spacial score (nSPS) is 20.7. The van der Waals surface area contributed by atoms with Gasteiger partial charge < -0.3 is 19.9 Å². The van der Waals surface area contributed by atoms with Crippen molar-refractivity contribution in [3.05, 3.63) is 59.7 Å². The Morgan fingerprint density at radius 1 is 0.967 bits per heavy atom. The molecule has 0 aromatic heterocycles. The van der Waals surface area contributed by atoms with Crippen molar-refractivity contribution >= 4 is 17.3 Å². The van der Waals surface area contributed by atoms with Gasteiger partial charge in [0.2, 0.25) is 0 Å². The van der Waals surface area contributed by atoms with Gasteiger partial charge in [0.15, 0.2) is 0 Å². The number of benzene rings is 2. The smallest absolute Gasteiger partial charge is 0.251 e. The first-order valence-electron chi connectivity index (χ1n) is 11.2. The van der Waals surface area contributed by atoms with Crippen LogP contribution in [0.15, 0.2) is 48.5 Å². The van der Waals surface area contributed by atoms with Crippen LogP contribution in [-0.4, -0.2) is 45.3 Å². The van der Waals surface area contributed by atoms with Gasteiger partial charge >= 0.3 is 0 Å². The zero-order valence-corrected chi connectivity index (χ0v) is 18.1. The van der Waals surface area contributed by atoms with E-state index in [0.29, 0.717) is 5.56 Å². The van der Waals surface area contributed by atoms with Gasteiger partial charge in [-0.1, -0.05) is 19.1 Å². The van der Waals surface area contributed by atoms with Crippen molar-refractivity contribution in [1.29, 1.82) is 0 Å². The highest BCUT2D eigenvalue weighted by atomic mass is 16.5. The molecule has 2 aromatic rings. The summed E-state index contributed by atoms with van der Waals surface area (Å²) in [6.07, 6.45) is 2.59. The molecule has 2 atom stereocenters. The molecule has 0 saturated carbocycles. The standard InChI is InChI=1S/C25H33N3O2/c1-19-4-3-13-28(18-19)24-9-5-21(6-10-24)20(2)26-25(29)22-7-11-23(12-8-22)27-14-16-30-17-15-27/h5-12,19-20H,3-4,13-18H2,1-2H3,(H,26,29)/t19-,20+/m0/s1. The van der Waals surface area contributed by atoms with E-state index in [1.165, 1.54) is 18.5 Å². The summed E-state index contributed by atoms with van der Waals surface area (Å²) >= 11 is 0. The van der Waals surface area contributed by atoms with Gasteiger partial charge in [-0.05, 0) is 67.6 Å². The molecule has 2 heterocycles. The molecule has 1 amide bonds. The second kappa shape index (κ2) is 9.52. The first-order chi connectivity index (χ1) is 14.6. The van der Waals surface area contributed by atoms with E-state index in [-0.39, 0.29) is 11.9 Å². The van der Waals surface area contributed by atoms with Crippen LogP contribution >= 0.6 is 0 Å². The van der Waals surface area contributed by atoms with E-state index in [4.69, 9.17) is 4.74 Å². The van der Waals surface area contributed by atoms with Crippen LogP contribution in [-0.2, 0) is 4.74 Å². The predicted molar refractivity (Wildman–Crippen MR) is 122 cm³/mol. The number of hydrogen-bond donors (Lipinski definition) is 1. The summed E-state index contributed by atoms with van der Waals surface area (Å²) in [5.41, 5.74) is 4.24. The highest BCUT2D eigenvalue weighted by Crippen LogP contribution is 2.25. The molecule has 0 aliphatic carbocycles. The summed E-state index contributed by atoms with van der Waals surface area (Å²) in [4.78, 5) is 17.5. The van der Waals surface area contributed by atoms with Crippen LogP contribution in [0.5, 0.6) is 0 Å². The fourth-order valence-corrected chi connectivity index (χ4v) is 4.41. The van der Waals surface area contributed by atoms with Gasteiger partial charge in [0.05, 0.1) is 19.3 Å². The maximum absolute atomic E-state index is 12.7. The van der Waals surface area contributed by atoms with E-state index in [9.17, 15) is 4.79 Å². The second-order valence-corrected chi connectivity index (χ2v) is 8.63. The van der Waals surface area contributed by atoms with Crippen molar-refractivity contribution in [2.45, 2.75) is 32.7 Å². The number of anilines is 2. The Hall–Kier alpha value is -2.53. The number of hydrogen-bond acceptors (Lipinski definition) is 4. The number of morpholine rings is 1. The number of amides is 1. The van der Waals surface area contributed by atoms with Gasteiger partial charge in [-0.2, -0.15) is 0 Å². The van der Waals surface area contributed by atoms with E-state index in [1.54, 1.807) is 0 Å². The number of rotatable bonds is 5. The Balaban J connectivity index is 1.34. The topological polar surface area (TPSA) is 44.8 Å². The van der Waals surface area contributed by atoms with E-state index < -0.39 is 0 Å². The molecule has 5 nitrogen and oxygen atoms in total. The van der Waals surface area contributed by atoms with Crippen molar-refractivity contribution in [3.8, 4) is 0 Å². The van der Waals surface area contributed by atoms with E-state index in [1.807, 2.05) is 31.2 Å². The zero-order valence-electron chi connectivity index (χ0n) is 18.1. The fourth-order valence-electron chi connectivity index (χ4n) is 4.41. The van der Waals surface area contributed by atoms with Crippen molar-refractivity contribution in [1.82, 2.24) is 5.32 Å². The van der Waals surface area contributed by atoms with Crippen LogP contribution in [0.3, 0.4) is 0 Å².